The fourth-order valence-electron chi connectivity index (χ4n) is 1.73. The van der Waals surface area contributed by atoms with Crippen LogP contribution in [0.5, 0.6) is 0 Å². The van der Waals surface area contributed by atoms with Crippen LogP contribution in [0.2, 0.25) is 0 Å². The number of carbonyl (C=O) groups excluding carboxylic acids is 1. The number of amides is 2. The molecule has 2 amide bonds. The summed E-state index contributed by atoms with van der Waals surface area (Å²) < 4.78 is 0. The molecule has 0 saturated carbocycles. The molecule has 1 aromatic rings. The Balaban J connectivity index is 2.63. The maximum Gasteiger partial charge on any atom is 0.321 e. The lowest BCUT2D eigenvalue weighted by atomic mass is 10.2. The molecule has 0 saturated heterocycles. The van der Waals surface area contributed by atoms with Gasteiger partial charge in [-0.1, -0.05) is 26.0 Å². The molecule has 0 atom stereocenters. The Kier molecular flexibility index (Phi) is 7.47. The Labute approximate surface area is 125 Å². The van der Waals surface area contributed by atoms with Crippen molar-refractivity contribution in [3.8, 4) is 0 Å². The van der Waals surface area contributed by atoms with E-state index in [0.717, 1.165) is 11.4 Å². The molecule has 1 aromatic carbocycles. The van der Waals surface area contributed by atoms with E-state index in [-0.39, 0.29) is 12.6 Å². The van der Waals surface area contributed by atoms with Gasteiger partial charge in [-0.2, -0.15) is 11.8 Å². The normalized spacial score (nSPS) is 10.7. The minimum absolute atomic E-state index is 0.0215. The summed E-state index contributed by atoms with van der Waals surface area (Å²) in [4.78, 5) is 13.6. The largest absolute Gasteiger partial charge is 0.395 e. The van der Waals surface area contributed by atoms with E-state index in [0.29, 0.717) is 18.3 Å². The first kappa shape index (κ1) is 16.9. The van der Waals surface area contributed by atoms with Gasteiger partial charge < -0.3 is 15.3 Å². The average Bonchev–Trinajstić information content (AvgIpc) is 2.42. The lowest BCUT2D eigenvalue weighted by molar-refractivity contribution is 0.192. The molecule has 5 heteroatoms. The van der Waals surface area contributed by atoms with Crippen molar-refractivity contribution >= 4 is 23.5 Å². The van der Waals surface area contributed by atoms with Gasteiger partial charge >= 0.3 is 6.03 Å². The molecular formula is C15H24N2O2S. The van der Waals surface area contributed by atoms with E-state index in [9.17, 15) is 4.79 Å². The number of nitrogens with one attached hydrogen (secondary N) is 1. The standard InChI is InChI=1S/C15H24N2O2S/c1-4-17(8-9-18)15(19)16-14-7-5-6-13(10-14)11-20-12(2)3/h5-7,10,12,18H,4,8-9,11H2,1-3H3,(H,16,19). The summed E-state index contributed by atoms with van der Waals surface area (Å²) in [6.45, 7) is 7.15. The number of nitrogens with zero attached hydrogens (tertiary/aromatic N) is 1. The van der Waals surface area contributed by atoms with Gasteiger partial charge in [-0.3, -0.25) is 0 Å². The van der Waals surface area contributed by atoms with E-state index in [4.69, 9.17) is 5.11 Å². The van der Waals surface area contributed by atoms with Crippen LogP contribution < -0.4 is 5.32 Å². The number of aliphatic hydroxyl groups is 1. The number of likely N-dealkylation sites (N-methyl/N-ethyl adjacent to an activating group) is 1. The highest BCUT2D eigenvalue weighted by atomic mass is 32.2. The van der Waals surface area contributed by atoms with Crippen LogP contribution in [0.1, 0.15) is 26.3 Å². The second kappa shape index (κ2) is 8.87. The number of thioether (sulfide) groups is 1. The predicted octanol–water partition coefficient (Wildman–Crippen LogP) is 3.17. The molecule has 0 bridgehead atoms. The number of aliphatic hydroxyl groups excluding tert-OH is 1. The number of hydrogen-bond acceptors (Lipinski definition) is 3. The van der Waals surface area contributed by atoms with Crippen molar-refractivity contribution in [2.45, 2.75) is 31.8 Å². The van der Waals surface area contributed by atoms with Crippen LogP contribution in [0.25, 0.3) is 0 Å². The molecule has 0 fully saturated rings. The average molecular weight is 296 g/mol. The summed E-state index contributed by atoms with van der Waals surface area (Å²) in [5.74, 6) is 0.940. The third-order valence-corrected chi connectivity index (χ3v) is 3.97. The second-order valence-electron chi connectivity index (χ2n) is 4.79. The summed E-state index contributed by atoms with van der Waals surface area (Å²) in [6.07, 6.45) is 0. The Hall–Kier alpha value is -1.20. The van der Waals surface area contributed by atoms with E-state index in [1.807, 2.05) is 36.9 Å². The first-order valence-electron chi connectivity index (χ1n) is 6.94. The maximum atomic E-state index is 12.0. The quantitative estimate of drug-likeness (QED) is 0.812. The highest BCUT2D eigenvalue weighted by molar-refractivity contribution is 7.99. The van der Waals surface area contributed by atoms with E-state index < -0.39 is 0 Å². The maximum absolute atomic E-state index is 12.0. The number of anilines is 1. The van der Waals surface area contributed by atoms with Crippen LogP contribution in [0, 0.1) is 0 Å². The van der Waals surface area contributed by atoms with Gasteiger partial charge in [0, 0.05) is 24.5 Å². The van der Waals surface area contributed by atoms with Gasteiger partial charge in [-0.05, 0) is 29.9 Å². The molecule has 20 heavy (non-hydrogen) atoms. The van der Waals surface area contributed by atoms with Crippen LogP contribution in [-0.2, 0) is 5.75 Å². The Morgan fingerprint density at radius 3 is 2.80 bits per heavy atom. The zero-order valence-electron chi connectivity index (χ0n) is 12.4. The third kappa shape index (κ3) is 5.84. The third-order valence-electron chi connectivity index (χ3n) is 2.80. The van der Waals surface area contributed by atoms with Crippen molar-refractivity contribution in [1.82, 2.24) is 4.90 Å². The number of hydrogen-bond donors (Lipinski definition) is 2. The van der Waals surface area contributed by atoms with Crippen LogP contribution in [0.4, 0.5) is 10.5 Å². The van der Waals surface area contributed by atoms with Crippen LogP contribution in [-0.4, -0.2) is 41.0 Å². The fourth-order valence-corrected chi connectivity index (χ4v) is 2.43. The van der Waals surface area contributed by atoms with Crippen LogP contribution in [0.3, 0.4) is 0 Å². The lowest BCUT2D eigenvalue weighted by Crippen LogP contribution is -2.36. The van der Waals surface area contributed by atoms with Gasteiger partial charge in [-0.25, -0.2) is 4.79 Å². The molecule has 0 aliphatic rings. The number of rotatable bonds is 7. The van der Waals surface area contributed by atoms with Crippen molar-refractivity contribution in [3.05, 3.63) is 29.8 Å². The molecule has 0 spiro atoms. The van der Waals surface area contributed by atoms with Crippen molar-refractivity contribution < 1.29 is 9.90 Å². The van der Waals surface area contributed by atoms with Crippen molar-refractivity contribution in [3.63, 3.8) is 0 Å². The molecule has 112 valence electrons. The van der Waals surface area contributed by atoms with Crippen LogP contribution in [0.15, 0.2) is 24.3 Å². The molecule has 0 heterocycles. The van der Waals surface area contributed by atoms with Crippen molar-refractivity contribution in [1.29, 1.82) is 0 Å². The second-order valence-corrected chi connectivity index (χ2v) is 6.36. The van der Waals surface area contributed by atoms with Gasteiger partial charge in [0.05, 0.1) is 6.61 Å². The first-order chi connectivity index (χ1) is 9.56. The minimum Gasteiger partial charge on any atom is -0.395 e. The highest BCUT2D eigenvalue weighted by Gasteiger charge is 2.10. The molecule has 0 radical (unpaired) electrons. The van der Waals surface area contributed by atoms with E-state index in [1.54, 1.807) is 4.90 Å². The highest BCUT2D eigenvalue weighted by Crippen LogP contribution is 2.19. The summed E-state index contributed by atoms with van der Waals surface area (Å²) in [5, 5.41) is 12.4. The topological polar surface area (TPSA) is 52.6 Å². The molecule has 0 aromatic heterocycles. The molecule has 0 aliphatic carbocycles. The van der Waals surface area contributed by atoms with Gasteiger partial charge in [0.25, 0.3) is 0 Å². The molecule has 0 aliphatic heterocycles. The summed E-state index contributed by atoms with van der Waals surface area (Å²) >= 11 is 1.87. The van der Waals surface area contributed by atoms with Gasteiger partial charge in [-0.15, -0.1) is 0 Å². The van der Waals surface area contributed by atoms with Gasteiger partial charge in [0.15, 0.2) is 0 Å². The Bertz CT molecular complexity index is 424. The summed E-state index contributed by atoms with van der Waals surface area (Å²) in [5.41, 5.74) is 2.00. The number of carbonyl (C=O) groups is 1. The first-order valence-corrected chi connectivity index (χ1v) is 7.99. The monoisotopic (exact) mass is 296 g/mol. The Morgan fingerprint density at radius 2 is 2.20 bits per heavy atom. The van der Waals surface area contributed by atoms with Crippen molar-refractivity contribution in [2.24, 2.45) is 0 Å². The zero-order valence-corrected chi connectivity index (χ0v) is 13.2. The summed E-state index contributed by atoms with van der Waals surface area (Å²) in [7, 11) is 0. The number of urea groups is 1. The smallest absolute Gasteiger partial charge is 0.321 e. The molecular weight excluding hydrogens is 272 g/mol. The predicted molar refractivity (Wildman–Crippen MR) is 86.2 cm³/mol. The van der Waals surface area contributed by atoms with Gasteiger partial charge in [0.1, 0.15) is 0 Å². The summed E-state index contributed by atoms with van der Waals surface area (Å²) in [6, 6.07) is 7.73. The molecule has 1 rings (SSSR count). The van der Waals surface area contributed by atoms with E-state index >= 15 is 0 Å². The molecule has 2 N–H and O–H groups in total. The number of benzene rings is 1. The van der Waals surface area contributed by atoms with Crippen LogP contribution >= 0.6 is 11.8 Å². The molecule has 0 unspecified atom stereocenters. The van der Waals surface area contributed by atoms with Crippen molar-refractivity contribution in [2.75, 3.05) is 25.0 Å². The Morgan fingerprint density at radius 1 is 1.45 bits per heavy atom. The fraction of sp³-hybridized carbons (Fsp3) is 0.533. The van der Waals surface area contributed by atoms with Gasteiger partial charge in [0.2, 0.25) is 0 Å². The zero-order chi connectivity index (χ0) is 15.0. The van der Waals surface area contributed by atoms with E-state index in [1.165, 1.54) is 5.56 Å². The lowest BCUT2D eigenvalue weighted by Gasteiger charge is -2.20. The van der Waals surface area contributed by atoms with E-state index in [2.05, 4.69) is 25.2 Å². The minimum atomic E-state index is -0.171. The SMILES string of the molecule is CCN(CCO)C(=O)Nc1cccc(CSC(C)C)c1. The molecule has 4 nitrogen and oxygen atoms in total.